The molecule has 21 heteroatoms. The van der Waals surface area contributed by atoms with E-state index in [1.165, 1.54) is 49.0 Å². The Hall–Kier alpha value is -2.52. The molecule has 1 saturated heterocycles. The second-order valence-electron chi connectivity index (χ2n) is 7.00. The quantitative estimate of drug-likeness (QED) is 0.104. The number of nitrogens with zero attached hydrogens (tertiary/aromatic N) is 9. The first-order valence-corrected chi connectivity index (χ1v) is 14.9. The van der Waals surface area contributed by atoms with Crippen molar-refractivity contribution in [1.29, 1.82) is 0 Å². The maximum atomic E-state index is 11.6. The van der Waals surface area contributed by atoms with E-state index < -0.39 is 17.2 Å². The van der Waals surface area contributed by atoms with Gasteiger partial charge in [0.2, 0.25) is 0 Å². The first-order valence-electron chi connectivity index (χ1n) is 10.5. The van der Waals surface area contributed by atoms with Gasteiger partial charge in [0.15, 0.2) is 9.50 Å². The predicted octanol–water partition coefficient (Wildman–Crippen LogP) is 4.10. The molecule has 0 saturated carbocycles. The summed E-state index contributed by atoms with van der Waals surface area (Å²) in [7, 11) is 4.56. The van der Waals surface area contributed by atoms with Crippen LogP contribution in [0.4, 0.5) is 9.59 Å². The summed E-state index contributed by atoms with van der Waals surface area (Å²) < 4.78 is 7.92. The second-order valence-corrected chi connectivity index (χ2v) is 11.9. The molecule has 0 N–H and O–H groups in total. The lowest BCUT2D eigenvalue weighted by Crippen LogP contribution is -2.49. The number of oxime groups is 2. The van der Waals surface area contributed by atoms with Crippen molar-refractivity contribution in [2.75, 3.05) is 47.1 Å². The van der Waals surface area contributed by atoms with Crippen LogP contribution < -0.4 is 0 Å². The minimum Gasteiger partial charge on any atom is -0.341 e. The molecule has 39 heavy (non-hydrogen) atoms. The molecule has 1 aromatic rings. The van der Waals surface area contributed by atoms with Crippen molar-refractivity contribution in [3.63, 3.8) is 0 Å². The normalized spacial score (nSPS) is 14.9. The number of amides is 2. The smallest absolute Gasteiger partial charge is 0.341 e. The average Bonchev–Trinajstić information content (AvgIpc) is 3.31. The molecule has 218 valence electrons. The number of rotatable bonds is 7. The summed E-state index contributed by atoms with van der Waals surface area (Å²) >= 11 is 10.6. The maximum absolute atomic E-state index is 11.6. The van der Waals surface area contributed by atoms with Gasteiger partial charge < -0.3 is 14.5 Å². The summed E-state index contributed by atoms with van der Waals surface area (Å²) in [4.78, 5) is 51.1. The number of aromatic nitrogens is 1. The van der Waals surface area contributed by atoms with Crippen molar-refractivity contribution in [2.45, 2.75) is 20.4 Å². The lowest BCUT2D eigenvalue weighted by molar-refractivity contribution is -0.486. The summed E-state index contributed by atoms with van der Waals surface area (Å²) in [5, 5.41) is 21.6. The molecule has 2 amide bonds. The summed E-state index contributed by atoms with van der Waals surface area (Å²) in [6.45, 7) is 4.35. The third kappa shape index (κ3) is 13.4. The Labute approximate surface area is 247 Å². The van der Waals surface area contributed by atoms with E-state index in [1.54, 1.807) is 36.9 Å². The fourth-order valence-corrected chi connectivity index (χ4v) is 3.95. The third-order valence-electron chi connectivity index (χ3n) is 4.05. The maximum Gasteiger partial charge on any atom is 0.447 e. The standard InChI is InChI=1S/C10H18N4O4S3.C8H10ClN5O3S/c1-7(19-5)11-17-9(15)13(3)21-14(4)10(16)18-12-8(2)20-6;1-12-4-17-5-13(8(12)11-14(15)16)3-6-2-10-7(9)18-6/h1-6H3;2H,3-5H2,1H3/b11-7-,12-8-;11-8+. The zero-order valence-electron chi connectivity index (χ0n) is 22.1. The van der Waals surface area contributed by atoms with E-state index in [4.69, 9.17) is 16.3 Å². The van der Waals surface area contributed by atoms with E-state index >= 15 is 0 Å². The molecule has 0 aliphatic carbocycles. The highest BCUT2D eigenvalue weighted by atomic mass is 35.5. The number of carbonyl (C=O) groups excluding carboxylic acids is 2. The number of guanidine groups is 1. The van der Waals surface area contributed by atoms with Gasteiger partial charge in [0, 0.05) is 32.2 Å². The summed E-state index contributed by atoms with van der Waals surface area (Å²) in [5.74, 6) is 0.260. The molecule has 0 spiro atoms. The Balaban J connectivity index is 0.000000393. The van der Waals surface area contributed by atoms with Crippen LogP contribution in [0.1, 0.15) is 18.7 Å². The van der Waals surface area contributed by atoms with Crippen molar-refractivity contribution in [1.82, 2.24) is 23.4 Å². The van der Waals surface area contributed by atoms with E-state index in [9.17, 15) is 19.7 Å². The van der Waals surface area contributed by atoms with Crippen LogP contribution >= 0.6 is 58.6 Å². The molecule has 0 bridgehead atoms. The second kappa shape index (κ2) is 17.9. The summed E-state index contributed by atoms with van der Waals surface area (Å²) in [5.41, 5.74) is 0. The highest BCUT2D eigenvalue weighted by molar-refractivity contribution is 8.13. The molecule has 1 aliphatic heterocycles. The van der Waals surface area contributed by atoms with Crippen molar-refractivity contribution in [2.24, 2.45) is 15.4 Å². The average molecular weight is 646 g/mol. The van der Waals surface area contributed by atoms with E-state index in [1.807, 2.05) is 12.5 Å². The Morgan fingerprint density at radius 1 is 1.18 bits per heavy atom. The Morgan fingerprint density at radius 3 is 2.15 bits per heavy atom. The van der Waals surface area contributed by atoms with E-state index in [0.717, 1.165) is 25.6 Å². The fraction of sp³-hybridized carbons (Fsp3) is 0.556. The van der Waals surface area contributed by atoms with Crippen LogP contribution in [0.2, 0.25) is 4.47 Å². The van der Waals surface area contributed by atoms with Crippen molar-refractivity contribution in [3.8, 4) is 0 Å². The third-order valence-corrected chi connectivity index (χ3v) is 7.27. The number of thiazole rings is 1. The number of halogens is 1. The van der Waals surface area contributed by atoms with Crippen LogP contribution in [0.25, 0.3) is 0 Å². The van der Waals surface area contributed by atoms with Crippen molar-refractivity contribution in [3.05, 3.63) is 25.7 Å². The molecular formula is C18H28ClN9O7S4. The van der Waals surface area contributed by atoms with Gasteiger partial charge in [-0.3, -0.25) is 9.68 Å². The molecule has 2 rings (SSSR count). The van der Waals surface area contributed by atoms with Crippen LogP contribution in [0.15, 0.2) is 21.6 Å². The van der Waals surface area contributed by atoms with Crippen molar-refractivity contribution < 1.29 is 29.0 Å². The molecule has 0 atom stereocenters. The first-order chi connectivity index (χ1) is 18.4. The first kappa shape index (κ1) is 34.5. The number of hydrogen-bond donors (Lipinski definition) is 0. The molecule has 0 unspecified atom stereocenters. The number of nitro groups is 1. The van der Waals surface area contributed by atoms with Crippen LogP contribution in [-0.4, -0.2) is 104 Å². The highest BCUT2D eigenvalue weighted by Gasteiger charge is 2.25. The molecule has 0 aromatic carbocycles. The molecular weight excluding hydrogens is 618 g/mol. The van der Waals surface area contributed by atoms with Gasteiger partial charge in [-0.05, 0) is 26.4 Å². The molecule has 2 heterocycles. The number of ether oxygens (including phenoxy) is 1. The van der Waals surface area contributed by atoms with Crippen LogP contribution in [0.3, 0.4) is 0 Å². The predicted molar refractivity (Wildman–Crippen MR) is 155 cm³/mol. The minimum absolute atomic E-state index is 0.243. The molecule has 1 fully saturated rings. The zero-order valence-corrected chi connectivity index (χ0v) is 26.1. The van der Waals surface area contributed by atoms with Gasteiger partial charge in [0.25, 0.3) is 5.96 Å². The Morgan fingerprint density at radius 2 is 1.72 bits per heavy atom. The lowest BCUT2D eigenvalue weighted by atomic mass is 10.5. The van der Waals surface area contributed by atoms with Gasteiger partial charge in [-0.1, -0.05) is 21.9 Å². The Kier molecular flexibility index (Phi) is 15.9. The van der Waals surface area contributed by atoms with E-state index in [-0.39, 0.29) is 19.4 Å². The van der Waals surface area contributed by atoms with Crippen molar-refractivity contribution >= 4 is 86.8 Å². The SMILES string of the molecule is CN1COCN(Cc2cnc(Cl)s2)/C1=N/[N+](=O)[O-].CS/C(C)=N\OC(=O)N(C)SN(C)C(=O)O/N=C(/C)SC. The van der Waals surface area contributed by atoms with Gasteiger partial charge in [0.1, 0.15) is 28.7 Å². The van der Waals surface area contributed by atoms with Gasteiger partial charge in [-0.15, -0.1) is 34.9 Å². The molecule has 1 aliphatic rings. The molecule has 0 radical (unpaired) electrons. The van der Waals surface area contributed by atoms with E-state index in [2.05, 4.69) is 30.1 Å². The summed E-state index contributed by atoms with van der Waals surface area (Å²) in [6.07, 6.45) is 3.83. The topological polar surface area (TPSA) is 168 Å². The summed E-state index contributed by atoms with van der Waals surface area (Å²) in [6, 6.07) is 0. The van der Waals surface area contributed by atoms with Gasteiger partial charge in [-0.2, -0.15) is 0 Å². The van der Waals surface area contributed by atoms with E-state index in [0.29, 0.717) is 21.1 Å². The number of hydrazone groups is 1. The lowest BCUT2D eigenvalue weighted by Gasteiger charge is -2.34. The monoisotopic (exact) mass is 645 g/mol. The minimum atomic E-state index is -0.718. The van der Waals surface area contributed by atoms with Gasteiger partial charge in [0.05, 0.1) is 18.7 Å². The number of hydrogen-bond acceptors (Lipinski definition) is 14. The van der Waals surface area contributed by atoms with Gasteiger partial charge >= 0.3 is 12.2 Å². The number of thioether (sulfide) groups is 2. The van der Waals surface area contributed by atoms with Crippen LogP contribution in [0, 0.1) is 10.1 Å². The van der Waals surface area contributed by atoms with Crippen LogP contribution in [-0.2, 0) is 21.0 Å². The largest absolute Gasteiger partial charge is 0.447 e. The van der Waals surface area contributed by atoms with Gasteiger partial charge in [-0.25, -0.2) is 33.3 Å². The fourth-order valence-electron chi connectivity index (χ4n) is 2.17. The molecule has 16 nitrogen and oxygen atoms in total. The van der Waals surface area contributed by atoms with Crippen LogP contribution in [0.5, 0.6) is 0 Å². The zero-order chi connectivity index (χ0) is 29.5. The highest BCUT2D eigenvalue weighted by Crippen LogP contribution is 2.21. The number of carbonyl (C=O) groups is 2. The Bertz CT molecular complexity index is 1040. The molecule has 1 aromatic heterocycles.